The maximum Gasteiger partial charge on any atom is 0.271 e. The third-order valence-corrected chi connectivity index (χ3v) is 4.70. The number of nitrogens with one attached hydrogen (secondary N) is 1. The number of carbonyl (C=O) groups is 1. The van der Waals surface area contributed by atoms with Crippen LogP contribution in [0.4, 0.5) is 0 Å². The molecule has 128 valence electrons. The van der Waals surface area contributed by atoms with E-state index in [0.29, 0.717) is 12.2 Å². The van der Waals surface area contributed by atoms with Crippen molar-refractivity contribution < 1.29 is 4.79 Å². The topological polar surface area (TPSA) is 49.6 Å². The fourth-order valence-electron chi connectivity index (χ4n) is 3.33. The highest BCUT2D eigenvalue weighted by atomic mass is 16.1. The maximum absolute atomic E-state index is 12.3. The van der Waals surface area contributed by atoms with Crippen molar-refractivity contribution in [3.63, 3.8) is 0 Å². The van der Waals surface area contributed by atoms with Crippen LogP contribution >= 0.6 is 0 Å². The van der Waals surface area contributed by atoms with Crippen molar-refractivity contribution in [1.82, 2.24) is 19.6 Å². The summed E-state index contributed by atoms with van der Waals surface area (Å²) in [4.78, 5) is 19.2. The maximum atomic E-state index is 12.3. The fourth-order valence-corrected chi connectivity index (χ4v) is 3.33. The van der Waals surface area contributed by atoms with E-state index < -0.39 is 0 Å². The molecule has 4 rings (SSSR count). The lowest BCUT2D eigenvalue weighted by atomic mass is 10.1. The van der Waals surface area contributed by atoms with Gasteiger partial charge in [0.2, 0.25) is 0 Å². The van der Waals surface area contributed by atoms with Gasteiger partial charge in [0.1, 0.15) is 11.3 Å². The van der Waals surface area contributed by atoms with E-state index in [9.17, 15) is 4.79 Å². The summed E-state index contributed by atoms with van der Waals surface area (Å²) < 4.78 is 1.91. The molecule has 0 bridgehead atoms. The van der Waals surface area contributed by atoms with Gasteiger partial charge in [-0.1, -0.05) is 30.3 Å². The van der Waals surface area contributed by atoms with Crippen LogP contribution in [0.2, 0.25) is 0 Å². The van der Waals surface area contributed by atoms with Gasteiger partial charge in [-0.15, -0.1) is 0 Å². The highest BCUT2D eigenvalue weighted by Gasteiger charge is 2.13. The normalized spacial score (nSPS) is 14.9. The summed E-state index contributed by atoms with van der Waals surface area (Å²) in [7, 11) is 0. The van der Waals surface area contributed by atoms with Crippen LogP contribution in [0.1, 0.15) is 23.3 Å². The van der Waals surface area contributed by atoms with Crippen LogP contribution < -0.4 is 5.32 Å². The van der Waals surface area contributed by atoms with E-state index in [1.54, 1.807) is 6.20 Å². The van der Waals surface area contributed by atoms with Gasteiger partial charge in [0.25, 0.3) is 5.91 Å². The predicted molar refractivity (Wildman–Crippen MR) is 98.6 cm³/mol. The molecule has 5 nitrogen and oxygen atoms in total. The Morgan fingerprint density at radius 3 is 2.60 bits per heavy atom. The first kappa shape index (κ1) is 15.8. The molecule has 0 saturated carbocycles. The van der Waals surface area contributed by atoms with Gasteiger partial charge in [0.05, 0.1) is 0 Å². The van der Waals surface area contributed by atoms with Crippen LogP contribution in [0.15, 0.2) is 54.9 Å². The summed E-state index contributed by atoms with van der Waals surface area (Å²) in [5.74, 6) is -0.107. The van der Waals surface area contributed by atoms with Gasteiger partial charge in [0, 0.05) is 25.5 Å². The number of carbonyl (C=O) groups excluding carboxylic acids is 1. The van der Waals surface area contributed by atoms with Gasteiger partial charge in [0.15, 0.2) is 0 Å². The summed E-state index contributed by atoms with van der Waals surface area (Å²) in [6.07, 6.45) is 6.35. The summed E-state index contributed by atoms with van der Waals surface area (Å²) in [6, 6.07) is 14.2. The zero-order chi connectivity index (χ0) is 17.1. The number of rotatable bonds is 5. The molecule has 25 heavy (non-hydrogen) atoms. The van der Waals surface area contributed by atoms with Gasteiger partial charge >= 0.3 is 0 Å². The van der Waals surface area contributed by atoms with Gasteiger partial charge < -0.3 is 14.6 Å². The second kappa shape index (κ2) is 7.07. The highest BCUT2D eigenvalue weighted by molar-refractivity contribution is 5.92. The van der Waals surface area contributed by atoms with Crippen LogP contribution in [0, 0.1) is 0 Å². The zero-order valence-electron chi connectivity index (χ0n) is 14.2. The van der Waals surface area contributed by atoms with E-state index in [-0.39, 0.29) is 5.91 Å². The second-order valence-corrected chi connectivity index (χ2v) is 6.48. The second-order valence-electron chi connectivity index (χ2n) is 6.48. The molecule has 3 aromatic rings. The minimum atomic E-state index is -0.107. The first-order chi connectivity index (χ1) is 12.3. The Balaban J connectivity index is 1.46. The summed E-state index contributed by atoms with van der Waals surface area (Å²) in [6.45, 7) is 3.87. The first-order valence-electron chi connectivity index (χ1n) is 8.84. The lowest BCUT2D eigenvalue weighted by Crippen LogP contribution is -2.33. The third kappa shape index (κ3) is 3.56. The van der Waals surface area contributed by atoms with E-state index in [1.807, 2.05) is 40.9 Å². The minimum Gasteiger partial charge on any atom is -0.349 e. The molecule has 1 aliphatic rings. The van der Waals surface area contributed by atoms with Crippen molar-refractivity contribution in [1.29, 1.82) is 0 Å². The number of hydrogen-bond acceptors (Lipinski definition) is 3. The Bertz CT molecular complexity index is 866. The molecule has 1 saturated heterocycles. The summed E-state index contributed by atoms with van der Waals surface area (Å²) in [5, 5.41) is 2.98. The van der Waals surface area contributed by atoms with Crippen molar-refractivity contribution in [3.05, 3.63) is 60.6 Å². The number of nitrogens with zero attached hydrogens (tertiary/aromatic N) is 3. The average Bonchev–Trinajstić information content (AvgIpc) is 3.31. The number of hydrogen-bond donors (Lipinski definition) is 1. The lowest BCUT2D eigenvalue weighted by molar-refractivity contribution is 0.0945. The first-order valence-corrected chi connectivity index (χ1v) is 8.84. The van der Waals surface area contributed by atoms with Gasteiger partial charge in [-0.2, -0.15) is 0 Å². The molecular formula is C20H22N4O. The van der Waals surface area contributed by atoms with E-state index in [4.69, 9.17) is 0 Å². The molecule has 0 spiro atoms. The summed E-state index contributed by atoms with van der Waals surface area (Å²) in [5.41, 5.74) is 3.50. The molecule has 1 fully saturated rings. The molecule has 1 amide bonds. The molecule has 5 heteroatoms. The SMILES string of the molecule is O=C(NCCN1CCCC1)c1cn2cc(-c3ccccc3)ccc2n1. The van der Waals surface area contributed by atoms with E-state index >= 15 is 0 Å². The van der Waals surface area contributed by atoms with Crippen LogP contribution in [-0.4, -0.2) is 46.4 Å². The number of amides is 1. The van der Waals surface area contributed by atoms with Crippen molar-refractivity contribution in [2.75, 3.05) is 26.2 Å². The van der Waals surface area contributed by atoms with E-state index in [2.05, 4.69) is 27.3 Å². The lowest BCUT2D eigenvalue weighted by Gasteiger charge is -2.14. The Morgan fingerprint density at radius 1 is 1.00 bits per heavy atom. The molecule has 0 radical (unpaired) electrons. The van der Waals surface area contributed by atoms with Gasteiger partial charge in [-0.3, -0.25) is 4.79 Å². The van der Waals surface area contributed by atoms with Crippen molar-refractivity contribution in [2.45, 2.75) is 12.8 Å². The van der Waals surface area contributed by atoms with E-state index in [0.717, 1.165) is 36.4 Å². The molecule has 3 heterocycles. The molecule has 2 aromatic heterocycles. The van der Waals surface area contributed by atoms with Gasteiger partial charge in [-0.05, 0) is 49.2 Å². The van der Waals surface area contributed by atoms with E-state index in [1.165, 1.54) is 12.8 Å². The van der Waals surface area contributed by atoms with Crippen molar-refractivity contribution in [2.24, 2.45) is 0 Å². The molecule has 0 aliphatic carbocycles. The number of aromatic nitrogens is 2. The van der Waals surface area contributed by atoms with Gasteiger partial charge in [-0.25, -0.2) is 4.98 Å². The fraction of sp³-hybridized carbons (Fsp3) is 0.300. The molecule has 0 atom stereocenters. The largest absolute Gasteiger partial charge is 0.349 e. The van der Waals surface area contributed by atoms with Crippen LogP contribution in [-0.2, 0) is 0 Å². The quantitative estimate of drug-likeness (QED) is 0.780. The Labute approximate surface area is 147 Å². The highest BCUT2D eigenvalue weighted by Crippen LogP contribution is 2.19. The number of fused-ring (bicyclic) bond motifs is 1. The Kier molecular flexibility index (Phi) is 4.48. The van der Waals surface area contributed by atoms with Crippen LogP contribution in [0.5, 0.6) is 0 Å². The molecular weight excluding hydrogens is 312 g/mol. The minimum absolute atomic E-state index is 0.107. The van der Waals surface area contributed by atoms with Crippen LogP contribution in [0.25, 0.3) is 16.8 Å². The number of imidazole rings is 1. The molecule has 1 N–H and O–H groups in total. The van der Waals surface area contributed by atoms with Crippen molar-refractivity contribution >= 4 is 11.6 Å². The molecule has 1 aromatic carbocycles. The number of pyridine rings is 1. The Hall–Kier alpha value is -2.66. The Morgan fingerprint density at radius 2 is 1.80 bits per heavy atom. The monoisotopic (exact) mass is 334 g/mol. The summed E-state index contributed by atoms with van der Waals surface area (Å²) >= 11 is 0. The van der Waals surface area contributed by atoms with Crippen molar-refractivity contribution in [3.8, 4) is 11.1 Å². The standard InChI is InChI=1S/C20H22N4O/c25-20(21-10-13-23-11-4-5-12-23)18-15-24-14-17(8-9-19(24)22-18)16-6-2-1-3-7-16/h1-3,6-9,14-15H,4-5,10-13H2,(H,21,25). The smallest absolute Gasteiger partial charge is 0.271 e. The average molecular weight is 334 g/mol. The molecule has 0 unspecified atom stereocenters. The zero-order valence-corrected chi connectivity index (χ0v) is 14.2. The third-order valence-electron chi connectivity index (χ3n) is 4.70. The molecule has 1 aliphatic heterocycles. The number of likely N-dealkylation sites (tertiary alicyclic amines) is 1. The number of benzene rings is 1. The predicted octanol–water partition coefficient (Wildman–Crippen LogP) is 2.83. The van der Waals surface area contributed by atoms with Crippen LogP contribution in [0.3, 0.4) is 0 Å².